The van der Waals surface area contributed by atoms with Crippen LogP contribution in [0.5, 0.6) is 0 Å². The minimum Gasteiger partial charge on any atom is -0.368 e. The SMILES string of the molecule is CC(C)(Nc1nc(Cl)c(Cl)cc1Cl)C(N)=O. The average Bonchev–Trinajstić information content (AvgIpc) is 2.13. The number of carbonyl (C=O) groups excluding carboxylic acids is 1. The van der Waals surface area contributed by atoms with Gasteiger partial charge in [-0.15, -0.1) is 0 Å². The number of nitrogens with one attached hydrogen (secondary N) is 1. The third-order valence-corrected chi connectivity index (χ3v) is 2.89. The van der Waals surface area contributed by atoms with Gasteiger partial charge in [0.1, 0.15) is 16.5 Å². The summed E-state index contributed by atoms with van der Waals surface area (Å²) in [5.74, 6) is -0.267. The number of pyridine rings is 1. The molecule has 0 saturated carbocycles. The van der Waals surface area contributed by atoms with Crippen LogP contribution in [0.3, 0.4) is 0 Å². The summed E-state index contributed by atoms with van der Waals surface area (Å²) in [6.45, 7) is 3.21. The molecule has 1 aromatic heterocycles. The Hall–Kier alpha value is -0.710. The Labute approximate surface area is 108 Å². The van der Waals surface area contributed by atoms with E-state index in [1.165, 1.54) is 6.07 Å². The van der Waals surface area contributed by atoms with Crippen LogP contribution in [-0.4, -0.2) is 16.4 Å². The first-order valence-corrected chi connectivity index (χ1v) is 5.47. The summed E-state index contributed by atoms with van der Waals surface area (Å²) in [5, 5.41) is 3.41. The molecule has 0 aromatic carbocycles. The van der Waals surface area contributed by atoms with Crippen LogP contribution in [0.1, 0.15) is 13.8 Å². The molecule has 0 aliphatic rings. The molecule has 0 unspecified atom stereocenters. The number of hydrogen-bond acceptors (Lipinski definition) is 3. The topological polar surface area (TPSA) is 68.0 Å². The van der Waals surface area contributed by atoms with Crippen molar-refractivity contribution in [2.75, 3.05) is 5.32 Å². The number of nitrogens with two attached hydrogens (primary N) is 1. The molecule has 0 aliphatic heterocycles. The van der Waals surface area contributed by atoms with Crippen LogP contribution in [0, 0.1) is 0 Å². The quantitative estimate of drug-likeness (QED) is 0.838. The smallest absolute Gasteiger partial charge is 0.242 e. The summed E-state index contributed by atoms with van der Waals surface area (Å²) in [7, 11) is 0. The van der Waals surface area contributed by atoms with Gasteiger partial charge in [0.15, 0.2) is 0 Å². The number of aromatic nitrogens is 1. The zero-order valence-corrected chi connectivity index (χ0v) is 10.9. The fourth-order valence-corrected chi connectivity index (χ4v) is 1.43. The summed E-state index contributed by atoms with van der Waals surface area (Å²) in [5.41, 5.74) is 4.23. The Morgan fingerprint density at radius 2 is 1.94 bits per heavy atom. The molecular formula is C9H10Cl3N3O. The molecule has 0 aliphatic carbocycles. The highest BCUT2D eigenvalue weighted by atomic mass is 35.5. The van der Waals surface area contributed by atoms with Crippen LogP contribution in [0.4, 0.5) is 5.82 Å². The number of carbonyl (C=O) groups is 1. The zero-order valence-electron chi connectivity index (χ0n) is 8.64. The molecule has 1 heterocycles. The van der Waals surface area contributed by atoms with Gasteiger partial charge in [-0.2, -0.15) is 0 Å². The van der Waals surface area contributed by atoms with Crippen LogP contribution in [0.2, 0.25) is 15.2 Å². The number of anilines is 1. The summed E-state index contributed by atoms with van der Waals surface area (Å²) in [6.07, 6.45) is 0. The lowest BCUT2D eigenvalue weighted by atomic mass is 10.1. The predicted molar refractivity (Wildman–Crippen MR) is 66.2 cm³/mol. The third-order valence-electron chi connectivity index (χ3n) is 1.93. The first-order valence-electron chi connectivity index (χ1n) is 4.33. The Morgan fingerprint density at radius 1 is 1.38 bits per heavy atom. The van der Waals surface area contributed by atoms with Crippen LogP contribution in [0.15, 0.2) is 6.07 Å². The van der Waals surface area contributed by atoms with Crippen molar-refractivity contribution < 1.29 is 4.79 Å². The van der Waals surface area contributed by atoms with Gasteiger partial charge in [-0.25, -0.2) is 4.98 Å². The number of halogens is 3. The van der Waals surface area contributed by atoms with Crippen LogP contribution >= 0.6 is 34.8 Å². The molecule has 0 bridgehead atoms. The first-order chi connectivity index (χ1) is 7.24. The molecule has 3 N–H and O–H groups in total. The van der Waals surface area contributed by atoms with E-state index in [2.05, 4.69) is 10.3 Å². The van der Waals surface area contributed by atoms with Crippen LogP contribution in [-0.2, 0) is 4.79 Å². The molecule has 7 heteroatoms. The van der Waals surface area contributed by atoms with Gasteiger partial charge >= 0.3 is 0 Å². The molecule has 1 amide bonds. The van der Waals surface area contributed by atoms with E-state index < -0.39 is 11.4 Å². The van der Waals surface area contributed by atoms with Gasteiger partial charge in [-0.1, -0.05) is 34.8 Å². The second-order valence-electron chi connectivity index (χ2n) is 3.71. The maximum atomic E-state index is 11.1. The summed E-state index contributed by atoms with van der Waals surface area (Å²) in [6, 6.07) is 1.44. The lowest BCUT2D eigenvalue weighted by Crippen LogP contribution is -2.45. The van der Waals surface area contributed by atoms with Crippen molar-refractivity contribution in [3.8, 4) is 0 Å². The summed E-state index contributed by atoms with van der Waals surface area (Å²) < 4.78 is 0. The summed E-state index contributed by atoms with van der Waals surface area (Å²) in [4.78, 5) is 15.0. The first kappa shape index (κ1) is 13.4. The average molecular weight is 283 g/mol. The van der Waals surface area contributed by atoms with Gasteiger partial charge in [-0.05, 0) is 19.9 Å². The second-order valence-corrected chi connectivity index (χ2v) is 4.88. The van der Waals surface area contributed by atoms with E-state index in [-0.39, 0.29) is 21.0 Å². The molecular weight excluding hydrogens is 272 g/mol. The molecule has 88 valence electrons. The fourth-order valence-electron chi connectivity index (χ4n) is 0.889. The van der Waals surface area contributed by atoms with Crippen molar-refractivity contribution in [1.82, 2.24) is 4.98 Å². The minimum atomic E-state index is -0.978. The predicted octanol–water partition coefficient (Wildman–Crippen LogP) is 2.72. The van der Waals surface area contributed by atoms with Crippen molar-refractivity contribution >= 4 is 46.5 Å². The van der Waals surface area contributed by atoms with Gasteiger partial charge in [0.05, 0.1) is 10.0 Å². The van der Waals surface area contributed by atoms with Gasteiger partial charge < -0.3 is 11.1 Å². The van der Waals surface area contributed by atoms with Crippen LogP contribution in [0.25, 0.3) is 0 Å². The Balaban J connectivity index is 3.07. The molecule has 0 fully saturated rings. The fraction of sp³-hybridized carbons (Fsp3) is 0.333. The molecule has 1 rings (SSSR count). The van der Waals surface area contributed by atoms with Gasteiger partial charge in [0, 0.05) is 0 Å². The summed E-state index contributed by atoms with van der Waals surface area (Å²) >= 11 is 17.3. The number of rotatable bonds is 3. The maximum absolute atomic E-state index is 11.1. The molecule has 16 heavy (non-hydrogen) atoms. The standard InChI is InChI=1S/C9H10Cl3N3O/c1-9(2,8(13)16)15-7-5(11)3-4(10)6(12)14-7/h3H,1-2H3,(H2,13,16)(H,14,15). The van der Waals surface area contributed by atoms with E-state index in [1.807, 2.05) is 0 Å². The van der Waals surface area contributed by atoms with Gasteiger partial charge in [-0.3, -0.25) is 4.79 Å². The number of primary amides is 1. The van der Waals surface area contributed by atoms with E-state index in [9.17, 15) is 4.79 Å². The maximum Gasteiger partial charge on any atom is 0.242 e. The van der Waals surface area contributed by atoms with E-state index in [1.54, 1.807) is 13.8 Å². The highest BCUT2D eigenvalue weighted by molar-refractivity contribution is 6.42. The van der Waals surface area contributed by atoms with Crippen molar-refractivity contribution in [3.63, 3.8) is 0 Å². The second kappa shape index (κ2) is 4.65. The zero-order chi connectivity index (χ0) is 12.5. The third kappa shape index (κ3) is 2.90. The molecule has 0 spiro atoms. The van der Waals surface area contributed by atoms with Gasteiger partial charge in [0.2, 0.25) is 5.91 Å². The van der Waals surface area contributed by atoms with E-state index in [4.69, 9.17) is 40.5 Å². The molecule has 0 saturated heterocycles. The van der Waals surface area contributed by atoms with Crippen LogP contribution < -0.4 is 11.1 Å². The largest absolute Gasteiger partial charge is 0.368 e. The molecule has 0 radical (unpaired) electrons. The Bertz CT molecular complexity index is 434. The van der Waals surface area contributed by atoms with Crippen molar-refractivity contribution in [3.05, 3.63) is 21.3 Å². The molecule has 1 aromatic rings. The monoisotopic (exact) mass is 281 g/mol. The van der Waals surface area contributed by atoms with E-state index >= 15 is 0 Å². The van der Waals surface area contributed by atoms with Gasteiger partial charge in [0.25, 0.3) is 0 Å². The normalized spacial score (nSPS) is 11.3. The lowest BCUT2D eigenvalue weighted by Gasteiger charge is -2.23. The highest BCUT2D eigenvalue weighted by Gasteiger charge is 2.26. The minimum absolute atomic E-state index is 0.105. The molecule has 0 atom stereocenters. The number of amides is 1. The van der Waals surface area contributed by atoms with Crippen molar-refractivity contribution in [2.45, 2.75) is 19.4 Å². The Morgan fingerprint density at radius 3 is 2.44 bits per heavy atom. The van der Waals surface area contributed by atoms with Crippen molar-refractivity contribution in [2.24, 2.45) is 5.73 Å². The lowest BCUT2D eigenvalue weighted by molar-refractivity contribution is -0.121. The molecule has 4 nitrogen and oxygen atoms in total. The van der Waals surface area contributed by atoms with E-state index in [0.717, 1.165) is 0 Å². The highest BCUT2D eigenvalue weighted by Crippen LogP contribution is 2.30. The Kier molecular flexibility index (Phi) is 3.88. The van der Waals surface area contributed by atoms with Crippen molar-refractivity contribution in [1.29, 1.82) is 0 Å². The van der Waals surface area contributed by atoms with E-state index in [0.29, 0.717) is 0 Å². The number of hydrogen-bond donors (Lipinski definition) is 2. The number of nitrogens with zero attached hydrogens (tertiary/aromatic N) is 1.